The molecule has 0 aliphatic rings. The van der Waals surface area contributed by atoms with E-state index in [0.717, 1.165) is 35.0 Å². The molecular weight excluding hydrogens is 360 g/mol. The third kappa shape index (κ3) is 4.21. The van der Waals surface area contributed by atoms with E-state index in [-0.39, 0.29) is 5.56 Å². The van der Waals surface area contributed by atoms with Gasteiger partial charge in [-0.05, 0) is 32.8 Å². The van der Waals surface area contributed by atoms with Gasteiger partial charge in [0.25, 0.3) is 5.56 Å². The fraction of sp³-hybridized carbons (Fsp3) is 0.500. The topological polar surface area (TPSA) is 107 Å². The van der Waals surface area contributed by atoms with Crippen LogP contribution in [0.4, 0.5) is 4.79 Å². The van der Waals surface area contributed by atoms with Gasteiger partial charge in [-0.25, -0.2) is 9.78 Å². The van der Waals surface area contributed by atoms with Crippen LogP contribution in [0.2, 0.25) is 0 Å². The van der Waals surface area contributed by atoms with Crippen LogP contribution < -0.4 is 16.6 Å². The number of nitrogens with zero attached hydrogens (tertiary/aromatic N) is 2. The lowest BCUT2D eigenvalue weighted by atomic mass is 10.2. The number of thiophene rings is 1. The number of aromatic nitrogens is 2. The SMILES string of the molecule is CCCCn1c(S[C@@H](C)C(=O)NC(N)=O)nc2sc(C)c(C)c2c1=O. The summed E-state index contributed by atoms with van der Waals surface area (Å²) in [7, 11) is 0. The monoisotopic (exact) mass is 382 g/mol. The molecule has 3 amide bonds. The van der Waals surface area contributed by atoms with Crippen LogP contribution in [-0.2, 0) is 11.3 Å². The lowest BCUT2D eigenvalue weighted by molar-refractivity contribution is -0.119. The number of primary amides is 1. The number of thioether (sulfide) groups is 1. The maximum Gasteiger partial charge on any atom is 0.318 e. The van der Waals surface area contributed by atoms with Gasteiger partial charge in [0.1, 0.15) is 4.83 Å². The van der Waals surface area contributed by atoms with Crippen molar-refractivity contribution in [3.63, 3.8) is 0 Å². The molecule has 7 nitrogen and oxygen atoms in total. The van der Waals surface area contributed by atoms with Gasteiger partial charge in [-0.3, -0.25) is 19.5 Å². The second-order valence-corrected chi connectivity index (χ2v) is 8.29. The lowest BCUT2D eigenvalue weighted by Gasteiger charge is -2.15. The molecule has 2 heterocycles. The number of unbranched alkanes of at least 4 members (excludes halogenated alkanes) is 1. The second-order valence-electron chi connectivity index (χ2n) is 5.78. The molecule has 2 rings (SSSR count). The average Bonchev–Trinajstić information content (AvgIpc) is 2.81. The van der Waals surface area contributed by atoms with Crippen molar-refractivity contribution < 1.29 is 9.59 Å². The average molecular weight is 383 g/mol. The van der Waals surface area contributed by atoms with Crippen molar-refractivity contribution in [2.45, 2.75) is 57.5 Å². The van der Waals surface area contributed by atoms with Gasteiger partial charge < -0.3 is 5.73 Å². The number of carbonyl (C=O) groups excluding carboxylic acids is 2. The predicted octanol–water partition coefficient (Wildman–Crippen LogP) is 2.55. The number of rotatable bonds is 6. The summed E-state index contributed by atoms with van der Waals surface area (Å²) in [5.74, 6) is -0.507. The Balaban J connectivity index is 2.48. The summed E-state index contributed by atoms with van der Waals surface area (Å²) in [5, 5.41) is 2.59. The molecule has 0 saturated carbocycles. The first kappa shape index (κ1) is 19.5. The Hall–Kier alpha value is -1.87. The van der Waals surface area contributed by atoms with Crippen LogP contribution in [0.15, 0.2) is 9.95 Å². The van der Waals surface area contributed by atoms with Gasteiger partial charge in [-0.15, -0.1) is 11.3 Å². The quantitative estimate of drug-likeness (QED) is 0.590. The first-order valence-electron chi connectivity index (χ1n) is 8.03. The molecule has 0 spiro atoms. The van der Waals surface area contributed by atoms with E-state index in [1.54, 1.807) is 11.5 Å². The third-order valence-electron chi connectivity index (χ3n) is 3.89. The Kier molecular flexibility index (Phi) is 6.23. The first-order chi connectivity index (χ1) is 11.8. The molecule has 0 aliphatic heterocycles. The number of fused-ring (bicyclic) bond motifs is 1. The van der Waals surface area contributed by atoms with Crippen LogP contribution >= 0.6 is 23.1 Å². The highest BCUT2D eigenvalue weighted by Crippen LogP contribution is 2.29. The normalized spacial score (nSPS) is 12.3. The number of hydrogen-bond acceptors (Lipinski definition) is 6. The minimum atomic E-state index is -0.895. The van der Waals surface area contributed by atoms with Crippen LogP contribution in [0.3, 0.4) is 0 Å². The Bertz CT molecular complexity index is 872. The number of nitrogens with two attached hydrogens (primary N) is 1. The molecule has 136 valence electrons. The summed E-state index contributed by atoms with van der Waals surface area (Å²) in [6, 6.07) is -0.895. The molecule has 0 aliphatic carbocycles. The van der Waals surface area contributed by atoms with E-state index in [2.05, 4.69) is 10.3 Å². The van der Waals surface area contributed by atoms with Crippen molar-refractivity contribution in [1.82, 2.24) is 14.9 Å². The Morgan fingerprint density at radius 3 is 2.68 bits per heavy atom. The molecule has 0 fully saturated rings. The van der Waals surface area contributed by atoms with Crippen LogP contribution in [0.5, 0.6) is 0 Å². The van der Waals surface area contributed by atoms with Crippen LogP contribution in [0.25, 0.3) is 10.2 Å². The zero-order valence-corrected chi connectivity index (χ0v) is 16.3. The van der Waals surface area contributed by atoms with Gasteiger partial charge in [0.05, 0.1) is 10.6 Å². The lowest BCUT2D eigenvalue weighted by Crippen LogP contribution is -2.39. The van der Waals surface area contributed by atoms with Crippen molar-refractivity contribution in [1.29, 1.82) is 0 Å². The summed E-state index contributed by atoms with van der Waals surface area (Å²) < 4.78 is 1.63. The summed E-state index contributed by atoms with van der Waals surface area (Å²) in [6.45, 7) is 8.13. The summed E-state index contributed by atoms with van der Waals surface area (Å²) in [5.41, 5.74) is 5.87. The van der Waals surface area contributed by atoms with E-state index in [1.807, 2.05) is 20.8 Å². The van der Waals surface area contributed by atoms with E-state index in [1.165, 1.54) is 11.3 Å². The van der Waals surface area contributed by atoms with Gasteiger partial charge in [0.15, 0.2) is 5.16 Å². The maximum absolute atomic E-state index is 13.0. The summed E-state index contributed by atoms with van der Waals surface area (Å²) in [6.07, 6.45) is 1.78. The zero-order chi connectivity index (χ0) is 18.7. The summed E-state index contributed by atoms with van der Waals surface area (Å²) in [4.78, 5) is 42.1. The highest BCUT2D eigenvalue weighted by atomic mass is 32.2. The van der Waals surface area contributed by atoms with Gasteiger partial charge in [0, 0.05) is 11.4 Å². The van der Waals surface area contributed by atoms with Crippen LogP contribution in [0.1, 0.15) is 37.1 Å². The van der Waals surface area contributed by atoms with Crippen LogP contribution in [-0.4, -0.2) is 26.7 Å². The van der Waals surface area contributed by atoms with Crippen molar-refractivity contribution >= 4 is 45.3 Å². The van der Waals surface area contributed by atoms with Crippen molar-refractivity contribution in [3.8, 4) is 0 Å². The molecule has 0 bridgehead atoms. The van der Waals surface area contributed by atoms with Gasteiger partial charge >= 0.3 is 6.03 Å². The van der Waals surface area contributed by atoms with Crippen molar-refractivity contribution in [2.75, 3.05) is 0 Å². The zero-order valence-electron chi connectivity index (χ0n) is 14.7. The Morgan fingerprint density at radius 2 is 2.08 bits per heavy atom. The number of aryl methyl sites for hydroxylation is 2. The van der Waals surface area contributed by atoms with Crippen molar-refractivity contribution in [3.05, 3.63) is 20.8 Å². The number of amides is 3. The number of carbonyl (C=O) groups is 2. The fourth-order valence-corrected chi connectivity index (χ4v) is 4.35. The maximum atomic E-state index is 13.0. The van der Waals surface area contributed by atoms with E-state index < -0.39 is 17.2 Å². The molecule has 3 N–H and O–H groups in total. The molecule has 9 heteroatoms. The van der Waals surface area contributed by atoms with Crippen LogP contribution in [0, 0.1) is 13.8 Å². The van der Waals surface area contributed by atoms with E-state index in [0.29, 0.717) is 21.9 Å². The fourth-order valence-electron chi connectivity index (χ4n) is 2.35. The first-order valence-corrected chi connectivity index (χ1v) is 9.73. The minimum absolute atomic E-state index is 0.0784. The van der Waals surface area contributed by atoms with Gasteiger partial charge in [-0.2, -0.15) is 0 Å². The predicted molar refractivity (Wildman–Crippen MR) is 101 cm³/mol. The highest BCUT2D eigenvalue weighted by molar-refractivity contribution is 8.00. The molecule has 1 atom stereocenters. The molecule has 2 aromatic heterocycles. The molecular formula is C16H22N4O3S2. The molecule has 0 unspecified atom stereocenters. The Morgan fingerprint density at radius 1 is 1.40 bits per heavy atom. The molecule has 25 heavy (non-hydrogen) atoms. The number of nitrogens with one attached hydrogen (secondary N) is 1. The molecule has 0 radical (unpaired) electrons. The molecule has 0 aromatic carbocycles. The Labute approximate surface area is 154 Å². The smallest absolute Gasteiger partial charge is 0.318 e. The summed E-state index contributed by atoms with van der Waals surface area (Å²) >= 11 is 2.63. The van der Waals surface area contributed by atoms with E-state index in [9.17, 15) is 14.4 Å². The van der Waals surface area contributed by atoms with E-state index >= 15 is 0 Å². The minimum Gasteiger partial charge on any atom is -0.351 e. The largest absolute Gasteiger partial charge is 0.351 e. The second kappa shape index (κ2) is 8.01. The van der Waals surface area contributed by atoms with E-state index in [4.69, 9.17) is 5.73 Å². The molecule has 0 saturated heterocycles. The van der Waals surface area contributed by atoms with Crippen molar-refractivity contribution in [2.24, 2.45) is 5.73 Å². The highest BCUT2D eigenvalue weighted by Gasteiger charge is 2.22. The van der Waals surface area contributed by atoms with Gasteiger partial charge in [0.2, 0.25) is 5.91 Å². The van der Waals surface area contributed by atoms with Gasteiger partial charge in [-0.1, -0.05) is 25.1 Å². The number of imide groups is 1. The standard InChI is InChI=1S/C16H22N4O3S2/c1-5-6-7-20-14(22)11-8(2)9(3)24-13(11)19-16(20)25-10(4)12(21)18-15(17)23/h10H,5-7H2,1-4H3,(H3,17,18,21,23)/t10-/m0/s1. The molecule has 2 aromatic rings. The number of urea groups is 1. The third-order valence-corrected chi connectivity index (χ3v) is 6.08. The number of hydrogen-bond donors (Lipinski definition) is 2.